The summed E-state index contributed by atoms with van der Waals surface area (Å²) in [6.45, 7) is 4.23. The van der Waals surface area contributed by atoms with Crippen molar-refractivity contribution in [1.82, 2.24) is 4.98 Å². The second-order valence-electron chi connectivity index (χ2n) is 5.71. The van der Waals surface area contributed by atoms with Gasteiger partial charge in [-0.15, -0.1) is 0 Å². The van der Waals surface area contributed by atoms with Gasteiger partial charge in [0.15, 0.2) is 0 Å². The standard InChI is InChI=1S/C15H21N3O/c1-11-3-6-15(10-19,7-4-11)18-14-13(9-16)12(2)5-8-17-14/h5,8,11,19H,3-4,6-7,10H2,1-2H3,(H,17,18). The van der Waals surface area contributed by atoms with E-state index >= 15 is 0 Å². The molecule has 0 bridgehead atoms. The fourth-order valence-electron chi connectivity index (χ4n) is 2.68. The molecule has 2 rings (SSSR count). The predicted octanol–water partition coefficient (Wildman–Crippen LogP) is 2.61. The van der Waals surface area contributed by atoms with Gasteiger partial charge in [-0.05, 0) is 50.2 Å². The van der Waals surface area contributed by atoms with E-state index in [1.54, 1.807) is 6.20 Å². The van der Waals surface area contributed by atoms with Crippen LogP contribution in [0.1, 0.15) is 43.7 Å². The fourth-order valence-corrected chi connectivity index (χ4v) is 2.68. The van der Waals surface area contributed by atoms with E-state index in [1.165, 1.54) is 0 Å². The average Bonchev–Trinajstić information content (AvgIpc) is 2.42. The van der Waals surface area contributed by atoms with Crippen LogP contribution in [-0.2, 0) is 0 Å². The minimum absolute atomic E-state index is 0.0835. The van der Waals surface area contributed by atoms with E-state index in [9.17, 15) is 10.4 Å². The van der Waals surface area contributed by atoms with Crippen LogP contribution in [-0.4, -0.2) is 22.2 Å². The molecule has 1 aliphatic carbocycles. The highest BCUT2D eigenvalue weighted by Gasteiger charge is 2.34. The van der Waals surface area contributed by atoms with Gasteiger partial charge >= 0.3 is 0 Å². The van der Waals surface area contributed by atoms with Gasteiger partial charge in [-0.3, -0.25) is 0 Å². The van der Waals surface area contributed by atoms with Crippen LogP contribution in [0.4, 0.5) is 5.82 Å². The van der Waals surface area contributed by atoms with Crippen molar-refractivity contribution in [2.45, 2.75) is 45.1 Å². The Kier molecular flexibility index (Phi) is 4.06. The number of nitrogens with zero attached hydrogens (tertiary/aromatic N) is 2. The van der Waals surface area contributed by atoms with Gasteiger partial charge in [0, 0.05) is 6.20 Å². The molecule has 0 unspecified atom stereocenters. The van der Waals surface area contributed by atoms with Crippen LogP contribution in [0.15, 0.2) is 12.3 Å². The Labute approximate surface area is 114 Å². The number of hydrogen-bond acceptors (Lipinski definition) is 4. The maximum atomic E-state index is 9.75. The molecule has 0 saturated heterocycles. The molecular weight excluding hydrogens is 238 g/mol. The summed E-state index contributed by atoms with van der Waals surface area (Å²) in [6, 6.07) is 4.03. The number of anilines is 1. The Balaban J connectivity index is 2.24. The van der Waals surface area contributed by atoms with E-state index in [-0.39, 0.29) is 12.1 Å². The number of aromatic nitrogens is 1. The van der Waals surface area contributed by atoms with Crippen molar-refractivity contribution in [3.63, 3.8) is 0 Å². The van der Waals surface area contributed by atoms with E-state index in [0.717, 1.165) is 31.2 Å². The lowest BCUT2D eigenvalue weighted by atomic mass is 9.77. The number of nitrogens with one attached hydrogen (secondary N) is 1. The Morgan fingerprint density at radius 3 is 2.79 bits per heavy atom. The highest BCUT2D eigenvalue weighted by Crippen LogP contribution is 2.34. The molecule has 0 radical (unpaired) electrons. The minimum Gasteiger partial charge on any atom is -0.394 e. The Morgan fingerprint density at radius 1 is 1.53 bits per heavy atom. The van der Waals surface area contributed by atoms with Crippen molar-refractivity contribution in [3.8, 4) is 6.07 Å². The molecular formula is C15H21N3O. The lowest BCUT2D eigenvalue weighted by molar-refractivity contribution is 0.155. The lowest BCUT2D eigenvalue weighted by Crippen LogP contribution is -2.45. The first-order valence-electron chi connectivity index (χ1n) is 6.85. The van der Waals surface area contributed by atoms with Gasteiger partial charge in [-0.25, -0.2) is 4.98 Å². The van der Waals surface area contributed by atoms with Crippen LogP contribution in [0.5, 0.6) is 0 Å². The quantitative estimate of drug-likeness (QED) is 0.875. The predicted molar refractivity (Wildman–Crippen MR) is 74.8 cm³/mol. The molecule has 1 saturated carbocycles. The topological polar surface area (TPSA) is 68.9 Å². The van der Waals surface area contributed by atoms with Crippen LogP contribution in [0.3, 0.4) is 0 Å². The SMILES string of the molecule is Cc1ccnc(NC2(CO)CCC(C)CC2)c1C#N. The zero-order valence-corrected chi connectivity index (χ0v) is 11.6. The second-order valence-corrected chi connectivity index (χ2v) is 5.71. The van der Waals surface area contributed by atoms with Crippen LogP contribution < -0.4 is 5.32 Å². The van der Waals surface area contributed by atoms with Crippen LogP contribution >= 0.6 is 0 Å². The zero-order valence-electron chi connectivity index (χ0n) is 11.6. The van der Waals surface area contributed by atoms with E-state index in [0.29, 0.717) is 17.3 Å². The van der Waals surface area contributed by atoms with Gasteiger partial charge < -0.3 is 10.4 Å². The summed E-state index contributed by atoms with van der Waals surface area (Å²) in [5, 5.41) is 22.3. The van der Waals surface area contributed by atoms with E-state index < -0.39 is 0 Å². The first-order chi connectivity index (χ1) is 9.10. The largest absolute Gasteiger partial charge is 0.394 e. The summed E-state index contributed by atoms with van der Waals surface area (Å²) >= 11 is 0. The highest BCUT2D eigenvalue weighted by atomic mass is 16.3. The summed E-state index contributed by atoms with van der Waals surface area (Å²) in [5.74, 6) is 1.31. The molecule has 4 nitrogen and oxygen atoms in total. The normalized spacial score (nSPS) is 26.7. The molecule has 1 heterocycles. The number of aliphatic hydroxyl groups is 1. The third-order valence-corrected chi connectivity index (χ3v) is 4.19. The average molecular weight is 259 g/mol. The van der Waals surface area contributed by atoms with Crippen molar-refractivity contribution in [1.29, 1.82) is 5.26 Å². The molecule has 1 aromatic heterocycles. The molecule has 1 aliphatic rings. The molecule has 0 aliphatic heterocycles. The van der Waals surface area contributed by atoms with Crippen LogP contribution in [0, 0.1) is 24.2 Å². The molecule has 2 N–H and O–H groups in total. The molecule has 1 fully saturated rings. The zero-order chi connectivity index (χ0) is 13.9. The van der Waals surface area contributed by atoms with Gasteiger partial charge in [0.05, 0.1) is 17.7 Å². The minimum atomic E-state index is -0.321. The molecule has 0 aromatic carbocycles. The number of rotatable bonds is 3. The number of aryl methyl sites for hydroxylation is 1. The van der Waals surface area contributed by atoms with E-state index in [4.69, 9.17) is 0 Å². The lowest BCUT2D eigenvalue weighted by Gasteiger charge is -2.39. The molecule has 4 heteroatoms. The van der Waals surface area contributed by atoms with Crippen LogP contribution in [0.2, 0.25) is 0 Å². The first kappa shape index (κ1) is 13.8. The molecule has 19 heavy (non-hydrogen) atoms. The molecule has 0 spiro atoms. The van der Waals surface area contributed by atoms with Crippen molar-refractivity contribution in [2.24, 2.45) is 5.92 Å². The van der Waals surface area contributed by atoms with E-state index in [1.807, 2.05) is 13.0 Å². The monoisotopic (exact) mass is 259 g/mol. The maximum Gasteiger partial charge on any atom is 0.144 e. The first-order valence-corrected chi connectivity index (χ1v) is 6.85. The Bertz CT molecular complexity index is 485. The number of aliphatic hydroxyl groups excluding tert-OH is 1. The second kappa shape index (κ2) is 5.58. The summed E-state index contributed by atoms with van der Waals surface area (Å²) < 4.78 is 0. The van der Waals surface area contributed by atoms with Crippen LogP contribution in [0.25, 0.3) is 0 Å². The number of nitriles is 1. The van der Waals surface area contributed by atoms with Crippen molar-refractivity contribution in [2.75, 3.05) is 11.9 Å². The molecule has 0 amide bonds. The number of pyridine rings is 1. The van der Waals surface area contributed by atoms with Gasteiger partial charge in [0.2, 0.25) is 0 Å². The summed E-state index contributed by atoms with van der Waals surface area (Å²) in [4.78, 5) is 4.27. The maximum absolute atomic E-state index is 9.75. The third-order valence-electron chi connectivity index (χ3n) is 4.19. The van der Waals surface area contributed by atoms with Gasteiger partial charge in [0.1, 0.15) is 11.9 Å². The summed E-state index contributed by atoms with van der Waals surface area (Å²) in [7, 11) is 0. The van der Waals surface area contributed by atoms with Gasteiger partial charge in [0.25, 0.3) is 0 Å². The Hall–Kier alpha value is -1.60. The van der Waals surface area contributed by atoms with E-state index in [2.05, 4.69) is 23.3 Å². The Morgan fingerprint density at radius 2 is 2.21 bits per heavy atom. The highest BCUT2D eigenvalue weighted by molar-refractivity contribution is 5.56. The fraction of sp³-hybridized carbons (Fsp3) is 0.600. The number of hydrogen-bond donors (Lipinski definition) is 2. The summed E-state index contributed by atoms with van der Waals surface area (Å²) in [5.41, 5.74) is 1.17. The molecule has 102 valence electrons. The third kappa shape index (κ3) is 2.87. The van der Waals surface area contributed by atoms with Crippen molar-refractivity contribution < 1.29 is 5.11 Å². The molecule has 0 atom stereocenters. The van der Waals surface area contributed by atoms with Crippen molar-refractivity contribution >= 4 is 5.82 Å². The van der Waals surface area contributed by atoms with Gasteiger partial charge in [-0.1, -0.05) is 6.92 Å². The molecule has 1 aromatic rings. The van der Waals surface area contributed by atoms with Crippen molar-refractivity contribution in [3.05, 3.63) is 23.4 Å². The summed E-state index contributed by atoms with van der Waals surface area (Å²) in [6.07, 6.45) is 5.74. The smallest absolute Gasteiger partial charge is 0.144 e. The van der Waals surface area contributed by atoms with Gasteiger partial charge in [-0.2, -0.15) is 5.26 Å².